The molecular formula is C10H17BrN2O2. The molecule has 0 aliphatic rings. The van der Waals surface area contributed by atoms with Crippen LogP contribution in [0.3, 0.4) is 0 Å². The molecule has 0 saturated carbocycles. The Morgan fingerprint density at radius 3 is 2.53 bits per heavy atom. The van der Waals surface area contributed by atoms with Gasteiger partial charge in [-0.3, -0.25) is 9.89 Å². The molecule has 1 N–H and O–H groups in total. The smallest absolute Gasteiger partial charge is 0.281 e. The van der Waals surface area contributed by atoms with Gasteiger partial charge in [-0.2, -0.15) is 0 Å². The Morgan fingerprint density at radius 1 is 1.47 bits per heavy atom. The molecule has 0 unspecified atom stereocenters. The maximum Gasteiger partial charge on any atom is 0.281 e. The van der Waals surface area contributed by atoms with Crippen molar-refractivity contribution in [2.45, 2.75) is 39.3 Å². The zero-order chi connectivity index (χ0) is 11.4. The first-order valence-electron chi connectivity index (χ1n) is 5.13. The van der Waals surface area contributed by atoms with Crippen molar-refractivity contribution in [1.29, 1.82) is 0 Å². The third-order valence-electron chi connectivity index (χ3n) is 2.52. The van der Waals surface area contributed by atoms with Gasteiger partial charge >= 0.3 is 0 Å². The largest absolute Gasteiger partial charge is 0.378 e. The summed E-state index contributed by atoms with van der Waals surface area (Å²) in [6, 6.07) is 0.236. The van der Waals surface area contributed by atoms with E-state index >= 15 is 0 Å². The molecule has 1 heterocycles. The molecule has 0 aliphatic carbocycles. The molecule has 0 fully saturated rings. The first-order valence-corrected chi connectivity index (χ1v) is 5.92. The summed E-state index contributed by atoms with van der Waals surface area (Å²) < 4.78 is 7.27. The van der Waals surface area contributed by atoms with Crippen molar-refractivity contribution in [3.8, 4) is 0 Å². The minimum atomic E-state index is -0.00394. The van der Waals surface area contributed by atoms with Gasteiger partial charge in [0.1, 0.15) is 4.47 Å². The van der Waals surface area contributed by atoms with E-state index in [4.69, 9.17) is 4.74 Å². The van der Waals surface area contributed by atoms with Gasteiger partial charge in [-0.05, 0) is 28.8 Å². The second kappa shape index (κ2) is 5.51. The molecule has 0 saturated heterocycles. The van der Waals surface area contributed by atoms with Crippen molar-refractivity contribution in [3.63, 3.8) is 0 Å². The monoisotopic (exact) mass is 276 g/mol. The third-order valence-corrected chi connectivity index (χ3v) is 3.34. The van der Waals surface area contributed by atoms with E-state index in [1.54, 1.807) is 11.8 Å². The second-order valence-electron chi connectivity index (χ2n) is 3.48. The van der Waals surface area contributed by atoms with Crippen LogP contribution < -0.4 is 5.56 Å². The summed E-state index contributed by atoms with van der Waals surface area (Å²) in [6.07, 6.45) is 1.88. The van der Waals surface area contributed by atoms with E-state index in [-0.39, 0.29) is 11.6 Å². The van der Waals surface area contributed by atoms with Gasteiger partial charge < -0.3 is 4.74 Å². The maximum atomic E-state index is 11.9. The van der Waals surface area contributed by atoms with Crippen LogP contribution in [0.5, 0.6) is 0 Å². The predicted molar refractivity (Wildman–Crippen MR) is 63.1 cm³/mol. The highest BCUT2D eigenvalue weighted by atomic mass is 79.9. The highest BCUT2D eigenvalue weighted by Gasteiger charge is 2.15. The van der Waals surface area contributed by atoms with Crippen LogP contribution >= 0.6 is 15.9 Å². The summed E-state index contributed by atoms with van der Waals surface area (Å²) in [5.74, 6) is 0. The van der Waals surface area contributed by atoms with Crippen LogP contribution in [0, 0.1) is 0 Å². The lowest BCUT2D eigenvalue weighted by atomic mass is 10.2. The van der Waals surface area contributed by atoms with E-state index in [0.29, 0.717) is 11.1 Å². The van der Waals surface area contributed by atoms with Gasteiger partial charge in [-0.15, -0.1) is 0 Å². The summed E-state index contributed by atoms with van der Waals surface area (Å²) in [6.45, 7) is 4.57. The average Bonchev–Trinajstić information content (AvgIpc) is 2.50. The zero-order valence-corrected chi connectivity index (χ0v) is 10.9. The number of nitrogens with zero attached hydrogens (tertiary/aromatic N) is 1. The quantitative estimate of drug-likeness (QED) is 0.898. The Hall–Kier alpha value is -0.550. The highest BCUT2D eigenvalue weighted by molar-refractivity contribution is 9.10. The number of aromatic nitrogens is 2. The van der Waals surface area contributed by atoms with E-state index < -0.39 is 0 Å². The first kappa shape index (κ1) is 12.5. The van der Waals surface area contributed by atoms with Gasteiger partial charge in [0, 0.05) is 7.11 Å². The molecule has 5 heteroatoms. The molecule has 86 valence electrons. The fourth-order valence-corrected chi connectivity index (χ4v) is 2.03. The summed E-state index contributed by atoms with van der Waals surface area (Å²) in [5.41, 5.74) is 0.796. The fourth-order valence-electron chi connectivity index (χ4n) is 1.63. The molecule has 0 atom stereocenters. The molecule has 0 aliphatic heterocycles. The Morgan fingerprint density at radius 2 is 2.07 bits per heavy atom. The van der Waals surface area contributed by atoms with E-state index in [2.05, 4.69) is 34.9 Å². The van der Waals surface area contributed by atoms with Crippen molar-refractivity contribution >= 4 is 15.9 Å². The van der Waals surface area contributed by atoms with Gasteiger partial charge in [-0.1, -0.05) is 13.8 Å². The number of methoxy groups -OCH3 is 1. The van der Waals surface area contributed by atoms with Crippen LogP contribution in [0.15, 0.2) is 9.27 Å². The number of aromatic amines is 1. The number of hydrogen-bond donors (Lipinski definition) is 1. The molecule has 0 radical (unpaired) electrons. The molecule has 1 rings (SSSR count). The number of ether oxygens (including phenoxy) is 1. The van der Waals surface area contributed by atoms with Gasteiger partial charge in [-0.25, -0.2) is 4.68 Å². The van der Waals surface area contributed by atoms with Crippen LogP contribution in [0.2, 0.25) is 0 Å². The van der Waals surface area contributed by atoms with Crippen molar-refractivity contribution < 1.29 is 4.74 Å². The molecule has 1 aromatic heterocycles. The fraction of sp³-hybridized carbons (Fsp3) is 0.700. The third kappa shape index (κ3) is 2.52. The lowest BCUT2D eigenvalue weighted by Crippen LogP contribution is -2.21. The van der Waals surface area contributed by atoms with Crippen molar-refractivity contribution in [3.05, 3.63) is 20.5 Å². The number of halogens is 1. The topological polar surface area (TPSA) is 47.0 Å². The molecule has 4 nitrogen and oxygen atoms in total. The van der Waals surface area contributed by atoms with Crippen LogP contribution in [0.1, 0.15) is 38.4 Å². The molecular weight excluding hydrogens is 260 g/mol. The van der Waals surface area contributed by atoms with Crippen LogP contribution in [-0.2, 0) is 11.3 Å². The minimum Gasteiger partial charge on any atom is -0.378 e. The van der Waals surface area contributed by atoms with Gasteiger partial charge in [0.15, 0.2) is 0 Å². The Bertz CT molecular complexity index is 366. The predicted octanol–water partition coefficient (Wildman–Crippen LogP) is 2.45. The molecule has 0 spiro atoms. The molecule has 1 aromatic rings. The number of H-pyrrole nitrogens is 1. The maximum absolute atomic E-state index is 11.9. The standard InChI is InChI=1S/C10H17BrN2O2/c1-4-7(5-2)13-10(14)9(11)8(12-13)6-15-3/h7,12H,4-6H2,1-3H3. The van der Waals surface area contributed by atoms with Gasteiger partial charge in [0.05, 0.1) is 18.3 Å². The SMILES string of the molecule is CCC(CC)n1[nH]c(COC)c(Br)c1=O. The average molecular weight is 277 g/mol. The van der Waals surface area contributed by atoms with E-state index in [9.17, 15) is 4.79 Å². The summed E-state index contributed by atoms with van der Waals surface area (Å²) in [7, 11) is 1.61. The lowest BCUT2D eigenvalue weighted by molar-refractivity contribution is 0.179. The molecule has 0 aromatic carbocycles. The normalized spacial score (nSPS) is 11.3. The molecule has 0 amide bonds. The highest BCUT2D eigenvalue weighted by Crippen LogP contribution is 2.17. The summed E-state index contributed by atoms with van der Waals surface area (Å²) in [4.78, 5) is 11.9. The number of hydrogen-bond acceptors (Lipinski definition) is 2. The van der Waals surface area contributed by atoms with E-state index in [1.807, 2.05) is 0 Å². The van der Waals surface area contributed by atoms with Gasteiger partial charge in [0.2, 0.25) is 0 Å². The van der Waals surface area contributed by atoms with Crippen molar-refractivity contribution in [2.24, 2.45) is 0 Å². The summed E-state index contributed by atoms with van der Waals surface area (Å²) >= 11 is 3.28. The van der Waals surface area contributed by atoms with Gasteiger partial charge in [0.25, 0.3) is 5.56 Å². The minimum absolute atomic E-state index is 0.00394. The zero-order valence-electron chi connectivity index (χ0n) is 9.34. The molecule has 0 bridgehead atoms. The van der Waals surface area contributed by atoms with E-state index in [1.165, 1.54) is 0 Å². The van der Waals surface area contributed by atoms with Crippen molar-refractivity contribution in [2.75, 3.05) is 7.11 Å². The Kier molecular flexibility index (Phi) is 4.60. The van der Waals surface area contributed by atoms with Crippen LogP contribution in [-0.4, -0.2) is 16.9 Å². The Labute approximate surface area is 97.7 Å². The van der Waals surface area contributed by atoms with E-state index in [0.717, 1.165) is 18.5 Å². The lowest BCUT2D eigenvalue weighted by Gasteiger charge is -2.12. The number of nitrogens with one attached hydrogen (secondary N) is 1. The molecule has 15 heavy (non-hydrogen) atoms. The van der Waals surface area contributed by atoms with Crippen LogP contribution in [0.25, 0.3) is 0 Å². The number of rotatable bonds is 5. The van der Waals surface area contributed by atoms with Crippen LogP contribution in [0.4, 0.5) is 0 Å². The summed E-state index contributed by atoms with van der Waals surface area (Å²) in [5, 5.41) is 3.08. The Balaban J connectivity index is 3.09. The second-order valence-corrected chi connectivity index (χ2v) is 4.28. The first-order chi connectivity index (χ1) is 7.15. The van der Waals surface area contributed by atoms with Crippen molar-refractivity contribution in [1.82, 2.24) is 9.78 Å².